The first-order chi connectivity index (χ1) is 12.4. The van der Waals surface area contributed by atoms with E-state index in [0.29, 0.717) is 0 Å². The molecule has 0 amide bonds. The minimum absolute atomic E-state index is 0.137. The predicted molar refractivity (Wildman–Crippen MR) is 118 cm³/mol. The van der Waals surface area contributed by atoms with E-state index in [9.17, 15) is 0 Å². The average Bonchev–Trinajstić information content (AvgIpc) is 3.07. The number of benzene rings is 2. The summed E-state index contributed by atoms with van der Waals surface area (Å²) in [6.45, 7) is 0.918. The number of para-hydroxylation sites is 1. The highest BCUT2D eigenvalue weighted by molar-refractivity contribution is 14.2. The zero-order valence-corrected chi connectivity index (χ0v) is 16.0. The molecule has 2 aromatic carbocycles. The quantitative estimate of drug-likeness (QED) is 0.448. The van der Waals surface area contributed by atoms with Crippen molar-refractivity contribution >= 4 is 47.0 Å². The summed E-state index contributed by atoms with van der Waals surface area (Å²) in [4.78, 5) is 3.34. The van der Waals surface area contributed by atoms with Crippen LogP contribution in [0.1, 0.15) is 5.56 Å². The number of hydrogen-bond acceptors (Lipinski definition) is 2. The first kappa shape index (κ1) is 16.1. The number of rotatable bonds is 6. The molecule has 2 heterocycles. The van der Waals surface area contributed by atoms with Crippen LogP contribution in [0.3, 0.4) is 0 Å². The van der Waals surface area contributed by atoms with Gasteiger partial charge in [-0.3, -0.25) is 0 Å². The molecule has 4 heteroatoms. The van der Waals surface area contributed by atoms with Gasteiger partial charge < -0.3 is 15.6 Å². The van der Waals surface area contributed by atoms with Crippen LogP contribution in [-0.2, 0) is 6.42 Å². The number of hydrogen-bond donors (Lipinski definition) is 3. The molecule has 0 bridgehead atoms. The molecular weight excluding hydrogens is 421 g/mol. The monoisotopic (exact) mass is 441 g/mol. The highest BCUT2D eigenvalue weighted by Gasteiger charge is 2.02. The van der Waals surface area contributed by atoms with Gasteiger partial charge in [0.15, 0.2) is 0 Å². The Hall–Kier alpha value is -2.34. The van der Waals surface area contributed by atoms with Crippen LogP contribution >= 0.6 is 20.7 Å². The Balaban J connectivity index is 1.33. The van der Waals surface area contributed by atoms with Crippen LogP contribution in [0.25, 0.3) is 10.9 Å². The molecular formula is C21H20IN3. The number of aromatic amines is 1. The van der Waals surface area contributed by atoms with Gasteiger partial charge in [0, 0.05) is 40.7 Å². The Kier molecular flexibility index (Phi) is 4.97. The largest absolute Gasteiger partial charge is 0.385 e. The maximum atomic E-state index is 3.51. The lowest BCUT2D eigenvalue weighted by molar-refractivity contribution is 1.03. The van der Waals surface area contributed by atoms with Crippen LogP contribution in [0.15, 0.2) is 76.7 Å². The van der Waals surface area contributed by atoms with Crippen molar-refractivity contribution in [2.75, 3.05) is 17.2 Å². The third-order valence-electron chi connectivity index (χ3n) is 4.20. The van der Waals surface area contributed by atoms with E-state index in [1.54, 1.807) is 0 Å². The summed E-state index contributed by atoms with van der Waals surface area (Å²) >= 11 is 0.137. The van der Waals surface area contributed by atoms with Gasteiger partial charge in [-0.15, -0.1) is 0 Å². The van der Waals surface area contributed by atoms with E-state index >= 15 is 0 Å². The van der Waals surface area contributed by atoms with Crippen molar-refractivity contribution in [2.45, 2.75) is 6.42 Å². The van der Waals surface area contributed by atoms with E-state index in [1.807, 2.05) is 0 Å². The van der Waals surface area contributed by atoms with Crippen molar-refractivity contribution in [2.24, 2.45) is 0 Å². The van der Waals surface area contributed by atoms with Crippen molar-refractivity contribution in [3.63, 3.8) is 0 Å². The second kappa shape index (κ2) is 7.70. The van der Waals surface area contributed by atoms with Crippen molar-refractivity contribution in [1.82, 2.24) is 4.98 Å². The normalized spacial score (nSPS) is 13.4. The highest BCUT2D eigenvalue weighted by atomic mass is 127. The molecule has 0 spiro atoms. The summed E-state index contributed by atoms with van der Waals surface area (Å²) < 4.78 is 4.53. The van der Waals surface area contributed by atoms with Crippen molar-refractivity contribution < 1.29 is 0 Å². The Morgan fingerprint density at radius 1 is 0.960 bits per heavy atom. The Morgan fingerprint density at radius 2 is 1.80 bits per heavy atom. The third kappa shape index (κ3) is 4.02. The van der Waals surface area contributed by atoms with E-state index < -0.39 is 0 Å². The van der Waals surface area contributed by atoms with E-state index in [0.717, 1.165) is 30.0 Å². The maximum absolute atomic E-state index is 3.51. The molecule has 0 unspecified atom stereocenters. The molecule has 0 fully saturated rings. The van der Waals surface area contributed by atoms with Gasteiger partial charge in [-0.25, -0.2) is 0 Å². The average molecular weight is 441 g/mol. The highest BCUT2D eigenvalue weighted by Crippen LogP contribution is 2.20. The van der Waals surface area contributed by atoms with E-state index in [1.165, 1.54) is 16.5 Å². The molecule has 0 radical (unpaired) electrons. The number of fused-ring (bicyclic) bond motifs is 1. The molecule has 1 aromatic heterocycles. The SMILES string of the molecule is C1=CC(Nc2ccc(NCCc3c[nH]c4ccccc34)cc2)=CC=I1. The number of anilines is 2. The van der Waals surface area contributed by atoms with Gasteiger partial charge in [0.25, 0.3) is 0 Å². The lowest BCUT2D eigenvalue weighted by Crippen LogP contribution is -2.04. The standard InChI is InChI=1S/C21H20IN3/c1-2-4-21-20(3-1)16(15-24-21)11-14-23-17-5-7-18(8-6-17)25-19-9-12-22-13-10-19/h1-10,12-13,15,23-25H,11,14H2. The number of aromatic nitrogens is 1. The van der Waals surface area contributed by atoms with Gasteiger partial charge in [-0.2, -0.15) is 0 Å². The lowest BCUT2D eigenvalue weighted by atomic mass is 10.1. The molecule has 25 heavy (non-hydrogen) atoms. The van der Waals surface area contributed by atoms with Crippen LogP contribution in [0.4, 0.5) is 11.4 Å². The van der Waals surface area contributed by atoms with Gasteiger partial charge >= 0.3 is 0 Å². The summed E-state index contributed by atoms with van der Waals surface area (Å²) in [5, 5.41) is 8.26. The van der Waals surface area contributed by atoms with Crippen molar-refractivity contribution in [3.05, 3.63) is 82.2 Å². The molecule has 1 aliphatic rings. The van der Waals surface area contributed by atoms with Crippen LogP contribution in [0.5, 0.6) is 0 Å². The fraction of sp³-hybridized carbons (Fsp3) is 0.0952. The minimum atomic E-state index is 0.137. The lowest BCUT2D eigenvalue weighted by Gasteiger charge is -2.10. The van der Waals surface area contributed by atoms with Crippen molar-refractivity contribution in [1.29, 1.82) is 0 Å². The smallest absolute Gasteiger partial charge is 0.0456 e. The number of halogens is 1. The number of nitrogens with one attached hydrogen (secondary N) is 3. The summed E-state index contributed by atoms with van der Waals surface area (Å²) in [5.41, 5.74) is 5.99. The first-order valence-electron chi connectivity index (χ1n) is 8.36. The molecule has 4 rings (SSSR count). The fourth-order valence-electron chi connectivity index (χ4n) is 2.91. The van der Waals surface area contributed by atoms with Gasteiger partial charge in [0.2, 0.25) is 0 Å². The zero-order valence-electron chi connectivity index (χ0n) is 13.8. The molecule has 1 aliphatic heterocycles. The fourth-order valence-corrected chi connectivity index (χ4v) is 4.34. The Bertz CT molecular complexity index is 949. The summed E-state index contributed by atoms with van der Waals surface area (Å²) in [6, 6.07) is 16.9. The summed E-state index contributed by atoms with van der Waals surface area (Å²) in [5.74, 6) is 0. The molecule has 0 saturated carbocycles. The van der Waals surface area contributed by atoms with Crippen LogP contribution in [0, 0.1) is 0 Å². The number of H-pyrrole nitrogens is 1. The molecule has 3 nitrogen and oxygen atoms in total. The molecule has 0 aliphatic carbocycles. The molecule has 126 valence electrons. The van der Waals surface area contributed by atoms with Crippen LogP contribution in [0.2, 0.25) is 0 Å². The molecule has 0 atom stereocenters. The molecule has 3 aromatic rings. The van der Waals surface area contributed by atoms with Crippen LogP contribution in [-0.4, -0.2) is 15.5 Å². The van der Waals surface area contributed by atoms with Gasteiger partial charge in [0.1, 0.15) is 0 Å². The Labute approximate surface area is 157 Å². The minimum Gasteiger partial charge on any atom is -0.385 e. The number of allylic oxidation sites excluding steroid dienone is 2. The zero-order chi connectivity index (χ0) is 16.9. The maximum Gasteiger partial charge on any atom is 0.0456 e. The Morgan fingerprint density at radius 3 is 2.64 bits per heavy atom. The van der Waals surface area contributed by atoms with E-state index in [4.69, 9.17) is 0 Å². The molecule has 0 saturated heterocycles. The van der Waals surface area contributed by atoms with E-state index in [-0.39, 0.29) is 20.7 Å². The second-order valence-electron chi connectivity index (χ2n) is 5.91. The van der Waals surface area contributed by atoms with E-state index in [2.05, 4.69) is 90.6 Å². The first-order valence-corrected chi connectivity index (χ1v) is 10.9. The van der Waals surface area contributed by atoms with Gasteiger partial charge in [-0.1, -0.05) is 38.9 Å². The van der Waals surface area contributed by atoms with Crippen LogP contribution < -0.4 is 10.6 Å². The summed E-state index contributed by atoms with van der Waals surface area (Å²) in [7, 11) is 0. The third-order valence-corrected chi connectivity index (χ3v) is 5.75. The topological polar surface area (TPSA) is 39.8 Å². The second-order valence-corrected chi connectivity index (χ2v) is 8.06. The molecule has 3 N–H and O–H groups in total. The van der Waals surface area contributed by atoms with Gasteiger partial charge in [0.05, 0.1) is 0 Å². The van der Waals surface area contributed by atoms with Gasteiger partial charge in [-0.05, 0) is 62.6 Å². The van der Waals surface area contributed by atoms with Crippen molar-refractivity contribution in [3.8, 4) is 0 Å². The summed E-state index contributed by atoms with van der Waals surface area (Å²) in [6.07, 6.45) is 7.45. The predicted octanol–water partition coefficient (Wildman–Crippen LogP) is 5.42.